The van der Waals surface area contributed by atoms with Gasteiger partial charge in [0, 0.05) is 17.5 Å². The van der Waals surface area contributed by atoms with Crippen molar-refractivity contribution in [3.05, 3.63) is 57.5 Å². The van der Waals surface area contributed by atoms with Gasteiger partial charge in [-0.05, 0) is 19.9 Å². The molecule has 146 valence electrons. The number of halogens is 1. The third kappa shape index (κ3) is 3.53. The maximum atomic E-state index is 13.0. The minimum Gasteiger partial charge on any atom is -0.493 e. The summed E-state index contributed by atoms with van der Waals surface area (Å²) in [6.07, 6.45) is 0. The number of carbonyl (C=O) groups is 1. The Kier molecular flexibility index (Phi) is 5.56. The molecule has 0 atom stereocenters. The first-order valence-electron chi connectivity index (χ1n) is 8.61. The molecule has 0 bridgehead atoms. The molecule has 1 amide bonds. The Morgan fingerprint density at radius 2 is 1.71 bits per heavy atom. The number of amides is 1. The summed E-state index contributed by atoms with van der Waals surface area (Å²) in [4.78, 5) is 25.6. The molecule has 3 rings (SSSR count). The molecule has 0 radical (unpaired) electrons. The number of fused-ring (bicyclic) bond motifs is 1. The predicted molar refractivity (Wildman–Crippen MR) is 109 cm³/mol. The Morgan fingerprint density at radius 1 is 1.11 bits per heavy atom. The van der Waals surface area contributed by atoms with Crippen molar-refractivity contribution < 1.29 is 14.3 Å². The Balaban J connectivity index is 2.10. The number of anilines is 1. The summed E-state index contributed by atoms with van der Waals surface area (Å²) in [6.45, 7) is 3.66. The summed E-state index contributed by atoms with van der Waals surface area (Å²) in [5.74, 6) is 0.384. The van der Waals surface area contributed by atoms with E-state index in [1.54, 1.807) is 36.4 Å². The van der Waals surface area contributed by atoms with E-state index in [9.17, 15) is 9.59 Å². The van der Waals surface area contributed by atoms with E-state index in [1.165, 1.54) is 18.9 Å². The molecule has 0 spiro atoms. The second-order valence-corrected chi connectivity index (χ2v) is 6.79. The fourth-order valence-electron chi connectivity index (χ4n) is 2.86. The Hall–Kier alpha value is -3.06. The molecular formula is C20H20ClN3O4. The van der Waals surface area contributed by atoms with E-state index in [4.69, 9.17) is 21.1 Å². The van der Waals surface area contributed by atoms with Gasteiger partial charge in [-0.25, -0.2) is 4.68 Å². The number of nitrogens with one attached hydrogen (secondary N) is 1. The average Bonchev–Trinajstić information content (AvgIpc) is 2.69. The number of nitrogens with zero attached hydrogens (tertiary/aromatic N) is 2. The third-order valence-electron chi connectivity index (χ3n) is 4.25. The van der Waals surface area contributed by atoms with Crippen molar-refractivity contribution in [3.63, 3.8) is 0 Å². The van der Waals surface area contributed by atoms with Gasteiger partial charge >= 0.3 is 0 Å². The molecular weight excluding hydrogens is 382 g/mol. The molecule has 0 saturated heterocycles. The van der Waals surface area contributed by atoms with Crippen LogP contribution in [0.1, 0.15) is 30.4 Å². The number of hydrogen-bond acceptors (Lipinski definition) is 5. The second-order valence-electron chi connectivity index (χ2n) is 6.38. The molecule has 0 aliphatic heterocycles. The molecule has 0 aliphatic rings. The van der Waals surface area contributed by atoms with Gasteiger partial charge < -0.3 is 14.8 Å². The predicted octanol–water partition coefficient (Wildman–Crippen LogP) is 3.90. The van der Waals surface area contributed by atoms with E-state index in [0.29, 0.717) is 28.0 Å². The van der Waals surface area contributed by atoms with E-state index >= 15 is 0 Å². The lowest BCUT2D eigenvalue weighted by atomic mass is 10.1. The normalized spacial score (nSPS) is 10.9. The molecule has 0 fully saturated rings. The molecule has 2 aromatic carbocycles. The molecule has 8 heteroatoms. The van der Waals surface area contributed by atoms with Crippen molar-refractivity contribution in [1.82, 2.24) is 9.78 Å². The van der Waals surface area contributed by atoms with Crippen LogP contribution in [0.2, 0.25) is 5.02 Å². The minimum atomic E-state index is -0.486. The van der Waals surface area contributed by atoms with E-state index in [0.717, 1.165) is 0 Å². The van der Waals surface area contributed by atoms with Gasteiger partial charge in [-0.1, -0.05) is 29.8 Å². The fraction of sp³-hybridized carbons (Fsp3) is 0.250. The lowest BCUT2D eigenvalue weighted by molar-refractivity contribution is 0.102. The highest BCUT2D eigenvalue weighted by Crippen LogP contribution is 2.36. The maximum Gasteiger partial charge on any atom is 0.276 e. The lowest BCUT2D eigenvalue weighted by Gasteiger charge is -2.15. The number of ether oxygens (including phenoxy) is 2. The SMILES string of the molecule is COc1cc(Cl)c(NC(=O)c2nn(C(C)C)c(=O)c3ccccc23)cc1OC. The first kappa shape index (κ1) is 19.7. The molecule has 1 heterocycles. The molecule has 28 heavy (non-hydrogen) atoms. The number of carbonyl (C=O) groups excluding carboxylic acids is 1. The van der Waals surface area contributed by atoms with E-state index in [1.807, 2.05) is 13.8 Å². The first-order chi connectivity index (χ1) is 13.4. The Morgan fingerprint density at radius 3 is 2.32 bits per heavy atom. The second kappa shape index (κ2) is 7.90. The zero-order chi connectivity index (χ0) is 20.4. The summed E-state index contributed by atoms with van der Waals surface area (Å²) in [5.41, 5.74) is 0.235. The van der Waals surface area contributed by atoms with Crippen molar-refractivity contribution in [1.29, 1.82) is 0 Å². The van der Waals surface area contributed by atoms with Gasteiger partial charge in [0.1, 0.15) is 0 Å². The summed E-state index contributed by atoms with van der Waals surface area (Å²) in [6, 6.07) is 9.80. The molecule has 1 N–H and O–H groups in total. The number of rotatable bonds is 5. The van der Waals surface area contributed by atoms with Crippen LogP contribution in [-0.4, -0.2) is 29.9 Å². The zero-order valence-corrected chi connectivity index (χ0v) is 16.7. The highest BCUT2D eigenvalue weighted by atomic mass is 35.5. The Labute approximate surface area is 166 Å². The van der Waals surface area contributed by atoms with Crippen molar-refractivity contribution in [3.8, 4) is 11.5 Å². The van der Waals surface area contributed by atoms with Crippen LogP contribution in [0.3, 0.4) is 0 Å². The largest absolute Gasteiger partial charge is 0.493 e. The van der Waals surface area contributed by atoms with Crippen molar-refractivity contribution in [2.24, 2.45) is 0 Å². The van der Waals surface area contributed by atoms with Crippen LogP contribution in [0.4, 0.5) is 5.69 Å². The smallest absolute Gasteiger partial charge is 0.276 e. The van der Waals surface area contributed by atoms with Crippen LogP contribution in [0.25, 0.3) is 10.8 Å². The molecule has 0 aliphatic carbocycles. The van der Waals surface area contributed by atoms with E-state index in [2.05, 4.69) is 10.4 Å². The van der Waals surface area contributed by atoms with E-state index in [-0.39, 0.29) is 22.3 Å². The molecule has 0 saturated carbocycles. The quantitative estimate of drug-likeness (QED) is 0.701. The van der Waals surface area contributed by atoms with Crippen LogP contribution in [0.15, 0.2) is 41.2 Å². The zero-order valence-electron chi connectivity index (χ0n) is 15.9. The van der Waals surface area contributed by atoms with Crippen LogP contribution < -0.4 is 20.3 Å². The highest BCUT2D eigenvalue weighted by Gasteiger charge is 2.19. The summed E-state index contributed by atoms with van der Waals surface area (Å²) < 4.78 is 11.8. The van der Waals surface area contributed by atoms with Crippen molar-refractivity contribution >= 4 is 34.0 Å². The highest BCUT2D eigenvalue weighted by molar-refractivity contribution is 6.34. The third-order valence-corrected chi connectivity index (χ3v) is 4.57. The standard InChI is InChI=1S/C20H20ClN3O4/c1-11(2)24-20(26)13-8-6-5-7-12(13)18(23-24)19(25)22-15-10-17(28-4)16(27-3)9-14(15)21/h5-11H,1-4H3,(H,22,25). The number of benzene rings is 2. The van der Waals surface area contributed by atoms with E-state index < -0.39 is 5.91 Å². The maximum absolute atomic E-state index is 13.0. The van der Waals surface area contributed by atoms with Crippen LogP contribution in [0, 0.1) is 0 Å². The van der Waals surface area contributed by atoms with Crippen molar-refractivity contribution in [2.75, 3.05) is 19.5 Å². The van der Waals surface area contributed by atoms with Gasteiger partial charge in [0.2, 0.25) is 0 Å². The van der Waals surface area contributed by atoms with Crippen molar-refractivity contribution in [2.45, 2.75) is 19.9 Å². The number of methoxy groups -OCH3 is 2. The van der Waals surface area contributed by atoms with Gasteiger partial charge in [0.05, 0.1) is 36.4 Å². The Bertz CT molecular complexity index is 1110. The molecule has 7 nitrogen and oxygen atoms in total. The van der Waals surface area contributed by atoms with Crippen LogP contribution in [0.5, 0.6) is 11.5 Å². The van der Waals surface area contributed by atoms with Gasteiger partial charge in [-0.3, -0.25) is 9.59 Å². The monoisotopic (exact) mass is 401 g/mol. The molecule has 1 aromatic heterocycles. The van der Waals surface area contributed by atoms with Gasteiger partial charge in [0.15, 0.2) is 17.2 Å². The van der Waals surface area contributed by atoms with Crippen LogP contribution >= 0.6 is 11.6 Å². The summed E-state index contributed by atoms with van der Waals surface area (Å²) in [5, 5.41) is 8.22. The lowest BCUT2D eigenvalue weighted by Crippen LogP contribution is -2.29. The average molecular weight is 402 g/mol. The number of aromatic nitrogens is 2. The summed E-state index contributed by atoms with van der Waals surface area (Å²) in [7, 11) is 2.99. The topological polar surface area (TPSA) is 82.5 Å². The fourth-order valence-corrected chi connectivity index (χ4v) is 3.06. The molecule has 0 unspecified atom stereocenters. The molecule has 3 aromatic rings. The number of hydrogen-bond donors (Lipinski definition) is 1. The van der Waals surface area contributed by atoms with Crippen LogP contribution in [-0.2, 0) is 0 Å². The van der Waals surface area contributed by atoms with Gasteiger partial charge in [-0.15, -0.1) is 0 Å². The van der Waals surface area contributed by atoms with Gasteiger partial charge in [0.25, 0.3) is 11.5 Å². The van der Waals surface area contributed by atoms with Gasteiger partial charge in [-0.2, -0.15) is 5.10 Å². The summed E-state index contributed by atoms with van der Waals surface area (Å²) >= 11 is 6.27. The first-order valence-corrected chi connectivity index (χ1v) is 8.99. The minimum absolute atomic E-state index is 0.134.